The van der Waals surface area contributed by atoms with Crippen LogP contribution in [-0.4, -0.2) is 30.6 Å². The number of anilines is 2. The van der Waals surface area contributed by atoms with Crippen molar-refractivity contribution in [1.29, 1.82) is 0 Å². The highest BCUT2D eigenvalue weighted by Crippen LogP contribution is 2.38. The summed E-state index contributed by atoms with van der Waals surface area (Å²) < 4.78 is 11.2. The van der Waals surface area contributed by atoms with Gasteiger partial charge in [0.05, 0.1) is 12.3 Å². The second kappa shape index (κ2) is 7.07. The monoisotopic (exact) mass is 354 g/mol. The molecule has 0 aliphatic carbocycles. The molecule has 26 heavy (non-hydrogen) atoms. The zero-order chi connectivity index (χ0) is 18.7. The van der Waals surface area contributed by atoms with E-state index in [0.717, 1.165) is 0 Å². The molecule has 0 spiro atoms. The molecule has 0 bridgehead atoms. The van der Waals surface area contributed by atoms with Gasteiger partial charge in [0.1, 0.15) is 11.5 Å². The molecule has 1 unspecified atom stereocenters. The smallest absolute Gasteiger partial charge is 0.280 e. The third-order valence-electron chi connectivity index (χ3n) is 4.30. The van der Waals surface area contributed by atoms with Crippen molar-refractivity contribution < 1.29 is 19.1 Å². The molecule has 1 atom stereocenters. The Morgan fingerprint density at radius 1 is 1.15 bits per heavy atom. The Bertz CT molecular complexity index is 819. The summed E-state index contributed by atoms with van der Waals surface area (Å²) in [5, 5.41) is 2.76. The van der Waals surface area contributed by atoms with Crippen LogP contribution in [0.1, 0.15) is 20.8 Å². The summed E-state index contributed by atoms with van der Waals surface area (Å²) in [6.45, 7) is 6.28. The SMILES string of the molecule is CCOc1ccc(NC(=O)C2(C)Oc3ccccc3N(CC)C2=O)cc1. The van der Waals surface area contributed by atoms with Crippen molar-refractivity contribution in [2.24, 2.45) is 0 Å². The number of hydrogen-bond acceptors (Lipinski definition) is 4. The number of amides is 2. The van der Waals surface area contributed by atoms with E-state index in [-0.39, 0.29) is 5.91 Å². The van der Waals surface area contributed by atoms with Crippen molar-refractivity contribution >= 4 is 23.2 Å². The molecule has 0 fully saturated rings. The van der Waals surface area contributed by atoms with Crippen molar-refractivity contribution in [2.75, 3.05) is 23.4 Å². The van der Waals surface area contributed by atoms with Crippen molar-refractivity contribution in [1.82, 2.24) is 0 Å². The van der Waals surface area contributed by atoms with Gasteiger partial charge in [-0.2, -0.15) is 0 Å². The Kier molecular flexibility index (Phi) is 4.84. The first-order valence-corrected chi connectivity index (χ1v) is 8.64. The molecule has 0 saturated heterocycles. The lowest BCUT2D eigenvalue weighted by molar-refractivity contribution is -0.145. The fourth-order valence-electron chi connectivity index (χ4n) is 2.91. The van der Waals surface area contributed by atoms with E-state index in [4.69, 9.17) is 9.47 Å². The molecule has 6 nitrogen and oxygen atoms in total. The van der Waals surface area contributed by atoms with Crippen LogP contribution in [0.2, 0.25) is 0 Å². The Balaban J connectivity index is 1.85. The van der Waals surface area contributed by atoms with Crippen molar-refractivity contribution in [3.05, 3.63) is 48.5 Å². The minimum atomic E-state index is -1.64. The van der Waals surface area contributed by atoms with E-state index in [2.05, 4.69) is 5.32 Å². The second-order valence-corrected chi connectivity index (χ2v) is 6.06. The number of fused-ring (bicyclic) bond motifs is 1. The minimum Gasteiger partial charge on any atom is -0.494 e. The molecular weight excluding hydrogens is 332 g/mol. The van der Waals surface area contributed by atoms with Gasteiger partial charge in [0, 0.05) is 12.2 Å². The third kappa shape index (κ3) is 3.10. The largest absolute Gasteiger partial charge is 0.494 e. The number of likely N-dealkylation sites (N-methyl/N-ethyl adjacent to an activating group) is 1. The van der Waals surface area contributed by atoms with Crippen LogP contribution in [0.4, 0.5) is 11.4 Å². The molecule has 2 amide bonds. The number of ether oxygens (including phenoxy) is 2. The summed E-state index contributed by atoms with van der Waals surface area (Å²) in [6, 6.07) is 14.2. The Morgan fingerprint density at radius 3 is 2.50 bits per heavy atom. The van der Waals surface area contributed by atoms with Crippen LogP contribution in [0.25, 0.3) is 0 Å². The van der Waals surface area contributed by atoms with Crippen molar-refractivity contribution in [3.8, 4) is 11.5 Å². The van der Waals surface area contributed by atoms with Crippen LogP contribution in [-0.2, 0) is 9.59 Å². The Morgan fingerprint density at radius 2 is 1.85 bits per heavy atom. The maximum absolute atomic E-state index is 12.9. The summed E-state index contributed by atoms with van der Waals surface area (Å²) in [6.07, 6.45) is 0. The van der Waals surface area contributed by atoms with Gasteiger partial charge in [0.15, 0.2) is 0 Å². The van der Waals surface area contributed by atoms with Gasteiger partial charge in [-0.15, -0.1) is 0 Å². The second-order valence-electron chi connectivity index (χ2n) is 6.06. The predicted octanol–water partition coefficient (Wildman–Crippen LogP) is 3.23. The van der Waals surface area contributed by atoms with Gasteiger partial charge >= 0.3 is 0 Å². The number of benzene rings is 2. The molecule has 1 N–H and O–H groups in total. The molecule has 2 aromatic rings. The van der Waals surface area contributed by atoms with E-state index in [1.807, 2.05) is 26.0 Å². The fraction of sp³-hybridized carbons (Fsp3) is 0.300. The lowest BCUT2D eigenvalue weighted by Gasteiger charge is -2.39. The van der Waals surface area contributed by atoms with Gasteiger partial charge in [-0.1, -0.05) is 12.1 Å². The van der Waals surface area contributed by atoms with Crippen LogP contribution in [0.5, 0.6) is 11.5 Å². The Labute approximate surface area is 152 Å². The molecule has 2 aromatic carbocycles. The van der Waals surface area contributed by atoms with Gasteiger partial charge in [-0.05, 0) is 57.2 Å². The van der Waals surface area contributed by atoms with Gasteiger partial charge in [-0.25, -0.2) is 0 Å². The lowest BCUT2D eigenvalue weighted by Crippen LogP contribution is -2.60. The van der Waals surface area contributed by atoms with E-state index < -0.39 is 11.5 Å². The number of rotatable bonds is 5. The summed E-state index contributed by atoms with van der Waals surface area (Å²) in [7, 11) is 0. The quantitative estimate of drug-likeness (QED) is 0.837. The standard InChI is InChI=1S/C20H22N2O4/c1-4-22-16-8-6-7-9-17(16)26-20(3,19(22)24)18(23)21-14-10-12-15(13-11-14)25-5-2/h6-13H,4-5H2,1-3H3,(H,21,23). The average molecular weight is 354 g/mol. The predicted molar refractivity (Wildman–Crippen MR) is 99.7 cm³/mol. The van der Waals surface area contributed by atoms with Crippen LogP contribution >= 0.6 is 0 Å². The molecule has 1 aliphatic rings. The number of nitrogens with zero attached hydrogens (tertiary/aromatic N) is 1. The number of nitrogens with one attached hydrogen (secondary N) is 1. The van der Waals surface area contributed by atoms with E-state index in [1.54, 1.807) is 41.3 Å². The Hall–Kier alpha value is -3.02. The number of carbonyl (C=O) groups excluding carboxylic acids is 2. The van der Waals surface area contributed by atoms with Gasteiger partial charge in [0.25, 0.3) is 17.4 Å². The molecule has 6 heteroatoms. The van der Waals surface area contributed by atoms with Gasteiger partial charge in [0.2, 0.25) is 0 Å². The molecule has 1 aliphatic heterocycles. The van der Waals surface area contributed by atoms with E-state index in [1.165, 1.54) is 6.92 Å². The van der Waals surface area contributed by atoms with E-state index >= 15 is 0 Å². The molecule has 1 heterocycles. The molecule has 0 radical (unpaired) electrons. The lowest BCUT2D eigenvalue weighted by atomic mass is 9.99. The van der Waals surface area contributed by atoms with Crippen molar-refractivity contribution in [2.45, 2.75) is 26.4 Å². The normalized spacial score (nSPS) is 18.7. The summed E-state index contributed by atoms with van der Waals surface area (Å²) >= 11 is 0. The van der Waals surface area contributed by atoms with Crippen LogP contribution in [0.15, 0.2) is 48.5 Å². The highest BCUT2D eigenvalue weighted by atomic mass is 16.5. The minimum absolute atomic E-state index is 0.387. The summed E-state index contributed by atoms with van der Waals surface area (Å²) in [4.78, 5) is 27.4. The zero-order valence-corrected chi connectivity index (χ0v) is 15.1. The molecule has 0 saturated carbocycles. The van der Waals surface area contributed by atoms with Crippen molar-refractivity contribution in [3.63, 3.8) is 0 Å². The van der Waals surface area contributed by atoms with E-state index in [0.29, 0.717) is 36.0 Å². The van der Waals surface area contributed by atoms with Gasteiger partial charge in [-0.3, -0.25) is 9.59 Å². The topological polar surface area (TPSA) is 67.9 Å². The maximum atomic E-state index is 12.9. The van der Waals surface area contributed by atoms with Crippen LogP contribution in [0, 0.1) is 0 Å². The van der Waals surface area contributed by atoms with Crippen LogP contribution < -0.4 is 19.7 Å². The first-order valence-electron chi connectivity index (χ1n) is 8.64. The van der Waals surface area contributed by atoms with Gasteiger partial charge < -0.3 is 19.7 Å². The zero-order valence-electron chi connectivity index (χ0n) is 15.1. The molecular formula is C20H22N2O4. The third-order valence-corrected chi connectivity index (χ3v) is 4.30. The highest BCUT2D eigenvalue weighted by molar-refractivity contribution is 6.19. The van der Waals surface area contributed by atoms with Crippen LogP contribution in [0.3, 0.4) is 0 Å². The molecule has 0 aromatic heterocycles. The maximum Gasteiger partial charge on any atom is 0.280 e. The summed E-state index contributed by atoms with van der Waals surface area (Å²) in [5.74, 6) is 0.327. The highest BCUT2D eigenvalue weighted by Gasteiger charge is 2.50. The first-order chi connectivity index (χ1) is 12.5. The average Bonchev–Trinajstić information content (AvgIpc) is 2.64. The van der Waals surface area contributed by atoms with E-state index in [9.17, 15) is 9.59 Å². The number of para-hydroxylation sites is 2. The number of hydrogen-bond donors (Lipinski definition) is 1. The first kappa shape index (κ1) is 17.8. The fourth-order valence-corrected chi connectivity index (χ4v) is 2.91. The molecule has 3 rings (SSSR count). The summed E-state index contributed by atoms with van der Waals surface area (Å²) in [5.41, 5.74) is -0.396. The molecule has 136 valence electrons. The number of carbonyl (C=O) groups is 2.